The lowest BCUT2D eigenvalue weighted by molar-refractivity contribution is 0.0670. The molecule has 0 radical (unpaired) electrons. The summed E-state index contributed by atoms with van der Waals surface area (Å²) in [5.41, 5.74) is 1.22. The van der Waals surface area contributed by atoms with E-state index in [4.69, 9.17) is 0 Å². The summed E-state index contributed by atoms with van der Waals surface area (Å²) < 4.78 is 26.6. The van der Waals surface area contributed by atoms with Crippen molar-refractivity contribution in [2.24, 2.45) is 5.41 Å². The molecular weight excluding hydrogens is 350 g/mol. The van der Waals surface area contributed by atoms with Gasteiger partial charge in [-0.1, -0.05) is 6.07 Å². The van der Waals surface area contributed by atoms with E-state index < -0.39 is 11.6 Å². The number of carbonyl (C=O) groups excluding carboxylic acids is 1. The molecule has 0 bridgehead atoms. The number of nitrogens with zero attached hydrogens (tertiary/aromatic N) is 4. The van der Waals surface area contributed by atoms with E-state index in [1.807, 2.05) is 4.90 Å². The highest BCUT2D eigenvalue weighted by Gasteiger charge is 2.43. The number of benzene rings is 1. The summed E-state index contributed by atoms with van der Waals surface area (Å²) in [5.74, 6) is -1.69. The van der Waals surface area contributed by atoms with Gasteiger partial charge < -0.3 is 4.90 Å². The van der Waals surface area contributed by atoms with Gasteiger partial charge in [0.2, 0.25) is 0 Å². The summed E-state index contributed by atoms with van der Waals surface area (Å²) in [4.78, 5) is 24.9. The SMILES string of the molecule is O=C(c1cnccn1)N1CCC2(CCCN(Cc3ccc(F)c(F)c3)C2)C1. The average Bonchev–Trinajstić information content (AvgIpc) is 3.08. The second-order valence-electron chi connectivity index (χ2n) is 7.63. The van der Waals surface area contributed by atoms with E-state index in [0.717, 1.165) is 37.9 Å². The van der Waals surface area contributed by atoms with Crippen LogP contribution in [0.25, 0.3) is 0 Å². The number of aromatic nitrogens is 2. The van der Waals surface area contributed by atoms with Gasteiger partial charge in [0, 0.05) is 44.0 Å². The van der Waals surface area contributed by atoms with E-state index in [1.54, 1.807) is 12.3 Å². The first-order chi connectivity index (χ1) is 13.0. The molecule has 7 heteroatoms. The van der Waals surface area contributed by atoms with E-state index in [2.05, 4.69) is 14.9 Å². The number of likely N-dealkylation sites (tertiary alicyclic amines) is 2. The predicted molar refractivity (Wildman–Crippen MR) is 95.9 cm³/mol. The largest absolute Gasteiger partial charge is 0.337 e. The molecule has 1 aromatic heterocycles. The molecule has 2 aliphatic rings. The molecule has 27 heavy (non-hydrogen) atoms. The summed E-state index contributed by atoms with van der Waals surface area (Å²) in [6, 6.07) is 4.09. The molecule has 3 heterocycles. The van der Waals surface area contributed by atoms with Crippen molar-refractivity contribution in [1.29, 1.82) is 0 Å². The first-order valence-electron chi connectivity index (χ1n) is 9.26. The van der Waals surface area contributed by atoms with E-state index in [9.17, 15) is 13.6 Å². The zero-order valence-corrected chi connectivity index (χ0v) is 15.1. The van der Waals surface area contributed by atoms with Crippen LogP contribution in [-0.4, -0.2) is 51.9 Å². The van der Waals surface area contributed by atoms with Crippen LogP contribution in [0, 0.1) is 17.0 Å². The number of piperidine rings is 1. The Labute approximate surface area is 157 Å². The van der Waals surface area contributed by atoms with Crippen molar-refractivity contribution >= 4 is 5.91 Å². The highest BCUT2D eigenvalue weighted by Crippen LogP contribution is 2.39. The van der Waals surface area contributed by atoms with Crippen LogP contribution in [0.15, 0.2) is 36.8 Å². The molecule has 2 aromatic rings. The third kappa shape index (κ3) is 3.83. The molecule has 0 N–H and O–H groups in total. The summed E-state index contributed by atoms with van der Waals surface area (Å²) >= 11 is 0. The molecule has 1 unspecified atom stereocenters. The summed E-state index contributed by atoms with van der Waals surface area (Å²) in [7, 11) is 0. The van der Waals surface area contributed by atoms with Crippen LogP contribution in [0.2, 0.25) is 0 Å². The molecule has 2 aliphatic heterocycles. The van der Waals surface area contributed by atoms with Gasteiger partial charge in [-0.2, -0.15) is 0 Å². The number of hydrogen-bond acceptors (Lipinski definition) is 4. The quantitative estimate of drug-likeness (QED) is 0.831. The fourth-order valence-corrected chi connectivity index (χ4v) is 4.35. The van der Waals surface area contributed by atoms with Crippen LogP contribution in [0.5, 0.6) is 0 Å². The second kappa shape index (κ2) is 7.31. The van der Waals surface area contributed by atoms with Gasteiger partial charge in [0.25, 0.3) is 5.91 Å². The van der Waals surface area contributed by atoms with Crippen LogP contribution in [0.1, 0.15) is 35.3 Å². The van der Waals surface area contributed by atoms with E-state index >= 15 is 0 Å². The van der Waals surface area contributed by atoms with Gasteiger partial charge in [-0.05, 0) is 43.5 Å². The molecule has 1 atom stereocenters. The Balaban J connectivity index is 1.42. The van der Waals surface area contributed by atoms with Crippen molar-refractivity contribution in [2.75, 3.05) is 26.2 Å². The Kier molecular flexibility index (Phi) is 4.86. The summed E-state index contributed by atoms with van der Waals surface area (Å²) in [5, 5.41) is 0. The van der Waals surface area contributed by atoms with Gasteiger partial charge in [-0.15, -0.1) is 0 Å². The Bertz CT molecular complexity index is 832. The van der Waals surface area contributed by atoms with Crippen molar-refractivity contribution in [3.05, 3.63) is 59.7 Å². The fraction of sp³-hybridized carbons (Fsp3) is 0.450. The van der Waals surface area contributed by atoms with E-state index in [-0.39, 0.29) is 11.3 Å². The third-order valence-corrected chi connectivity index (χ3v) is 5.64. The Morgan fingerprint density at radius 2 is 2.00 bits per heavy atom. The van der Waals surface area contributed by atoms with Crippen LogP contribution in [0.4, 0.5) is 8.78 Å². The van der Waals surface area contributed by atoms with Crippen LogP contribution in [0.3, 0.4) is 0 Å². The van der Waals surface area contributed by atoms with Crippen LogP contribution >= 0.6 is 0 Å². The molecule has 1 amide bonds. The Morgan fingerprint density at radius 3 is 2.78 bits per heavy atom. The van der Waals surface area contributed by atoms with Gasteiger partial charge in [-0.3, -0.25) is 14.7 Å². The van der Waals surface area contributed by atoms with Crippen LogP contribution in [-0.2, 0) is 6.54 Å². The molecular formula is C20H22F2N4O. The minimum absolute atomic E-state index is 0.0642. The molecule has 142 valence electrons. The smallest absolute Gasteiger partial charge is 0.274 e. The summed E-state index contributed by atoms with van der Waals surface area (Å²) in [6.07, 6.45) is 7.65. The summed E-state index contributed by atoms with van der Waals surface area (Å²) in [6.45, 7) is 3.80. The lowest BCUT2D eigenvalue weighted by atomic mass is 9.79. The van der Waals surface area contributed by atoms with Gasteiger partial charge in [0.1, 0.15) is 5.69 Å². The minimum atomic E-state index is -0.817. The molecule has 1 spiro atoms. The number of carbonyl (C=O) groups is 1. The monoisotopic (exact) mass is 372 g/mol. The maximum atomic E-state index is 13.5. The molecule has 4 rings (SSSR count). The zero-order valence-electron chi connectivity index (χ0n) is 15.1. The minimum Gasteiger partial charge on any atom is -0.337 e. The molecule has 2 saturated heterocycles. The Morgan fingerprint density at radius 1 is 1.11 bits per heavy atom. The van der Waals surface area contributed by atoms with Crippen molar-refractivity contribution in [2.45, 2.75) is 25.8 Å². The van der Waals surface area contributed by atoms with E-state index in [1.165, 1.54) is 24.5 Å². The maximum absolute atomic E-state index is 13.5. The third-order valence-electron chi connectivity index (χ3n) is 5.64. The first-order valence-corrected chi connectivity index (χ1v) is 9.26. The lowest BCUT2D eigenvalue weighted by Gasteiger charge is -2.40. The first kappa shape index (κ1) is 18.0. The number of rotatable bonds is 3. The second-order valence-corrected chi connectivity index (χ2v) is 7.63. The normalized spacial score (nSPS) is 23.1. The van der Waals surface area contributed by atoms with Crippen molar-refractivity contribution in [1.82, 2.24) is 19.8 Å². The number of hydrogen-bond donors (Lipinski definition) is 0. The highest BCUT2D eigenvalue weighted by molar-refractivity contribution is 5.92. The van der Waals surface area contributed by atoms with Crippen molar-refractivity contribution in [3.8, 4) is 0 Å². The number of halogens is 2. The highest BCUT2D eigenvalue weighted by atomic mass is 19.2. The fourth-order valence-electron chi connectivity index (χ4n) is 4.35. The number of amides is 1. The maximum Gasteiger partial charge on any atom is 0.274 e. The molecule has 0 aliphatic carbocycles. The topological polar surface area (TPSA) is 49.3 Å². The van der Waals surface area contributed by atoms with Gasteiger partial charge in [0.05, 0.1) is 6.20 Å². The van der Waals surface area contributed by atoms with Gasteiger partial charge in [-0.25, -0.2) is 13.8 Å². The predicted octanol–water partition coefficient (Wildman–Crippen LogP) is 2.88. The molecule has 5 nitrogen and oxygen atoms in total. The lowest BCUT2D eigenvalue weighted by Crippen LogP contribution is -2.45. The van der Waals surface area contributed by atoms with Gasteiger partial charge >= 0.3 is 0 Å². The zero-order chi connectivity index (χ0) is 18.9. The average molecular weight is 372 g/mol. The van der Waals surface area contributed by atoms with Crippen molar-refractivity contribution < 1.29 is 13.6 Å². The van der Waals surface area contributed by atoms with Crippen LogP contribution < -0.4 is 0 Å². The Hall–Kier alpha value is -2.41. The van der Waals surface area contributed by atoms with Gasteiger partial charge in [0.15, 0.2) is 11.6 Å². The molecule has 2 fully saturated rings. The van der Waals surface area contributed by atoms with E-state index in [0.29, 0.717) is 25.3 Å². The molecule has 1 aromatic carbocycles. The standard InChI is InChI=1S/C20H22F2N4O/c21-16-3-2-15(10-17(16)22)12-25-8-1-4-20(13-25)5-9-26(14-20)19(27)18-11-23-6-7-24-18/h2-3,6-7,10-11H,1,4-5,8-9,12-14H2. The van der Waals surface area contributed by atoms with Crippen molar-refractivity contribution in [3.63, 3.8) is 0 Å². The molecule has 0 saturated carbocycles.